The highest BCUT2D eigenvalue weighted by Crippen LogP contribution is 2.03. The average Bonchev–Trinajstić information content (AvgIpc) is 2.32. The van der Waals surface area contributed by atoms with Crippen molar-refractivity contribution in [3.05, 3.63) is 41.6 Å². The van der Waals surface area contributed by atoms with Gasteiger partial charge in [0.15, 0.2) is 0 Å². The van der Waals surface area contributed by atoms with Crippen molar-refractivity contribution in [2.24, 2.45) is 0 Å². The van der Waals surface area contributed by atoms with E-state index < -0.39 is 0 Å². The van der Waals surface area contributed by atoms with Crippen LogP contribution in [0.3, 0.4) is 0 Å². The van der Waals surface area contributed by atoms with Gasteiger partial charge in [-0.1, -0.05) is 43.2 Å². The molecule has 0 heterocycles. The fraction of sp³-hybridized carbons (Fsp3) is 0.357. The van der Waals surface area contributed by atoms with Gasteiger partial charge in [0, 0.05) is 12.7 Å². The first-order valence-electron chi connectivity index (χ1n) is 6.00. The maximum atomic E-state index is 11.3. The summed E-state index contributed by atoms with van der Waals surface area (Å²) in [5, 5.41) is 5.45. The van der Waals surface area contributed by atoms with E-state index in [-0.39, 0.29) is 6.03 Å². The number of aryl methyl sites for hydroxylation is 1. The van der Waals surface area contributed by atoms with Gasteiger partial charge in [-0.3, -0.25) is 0 Å². The second-order valence-corrected chi connectivity index (χ2v) is 4.00. The van der Waals surface area contributed by atoms with Gasteiger partial charge in [0.2, 0.25) is 0 Å². The molecule has 0 saturated carbocycles. The predicted octanol–water partition coefficient (Wildman–Crippen LogP) is 3.07. The summed E-state index contributed by atoms with van der Waals surface area (Å²) in [5.74, 6) is 0. The molecule has 1 aromatic carbocycles. The molecule has 0 fully saturated rings. The fourth-order valence-electron chi connectivity index (χ4n) is 1.32. The van der Waals surface area contributed by atoms with E-state index in [2.05, 4.69) is 17.6 Å². The van der Waals surface area contributed by atoms with Crippen LogP contribution in [0.4, 0.5) is 4.79 Å². The maximum Gasteiger partial charge on any atom is 0.318 e. The van der Waals surface area contributed by atoms with Crippen LogP contribution in [-0.4, -0.2) is 12.6 Å². The fourth-order valence-corrected chi connectivity index (χ4v) is 1.32. The zero-order valence-corrected chi connectivity index (χ0v) is 10.5. The first kappa shape index (κ1) is 13.3. The van der Waals surface area contributed by atoms with E-state index in [0.29, 0.717) is 0 Å². The van der Waals surface area contributed by atoms with Crippen molar-refractivity contribution in [3.63, 3.8) is 0 Å². The Bertz CT molecular complexity index is 368. The van der Waals surface area contributed by atoms with Crippen LogP contribution >= 0.6 is 0 Å². The smallest absolute Gasteiger partial charge is 0.318 e. The Morgan fingerprint density at radius 2 is 2.00 bits per heavy atom. The summed E-state index contributed by atoms with van der Waals surface area (Å²) >= 11 is 0. The summed E-state index contributed by atoms with van der Waals surface area (Å²) in [5.41, 5.74) is 2.30. The van der Waals surface area contributed by atoms with Crippen LogP contribution in [-0.2, 0) is 0 Å². The van der Waals surface area contributed by atoms with Gasteiger partial charge in [0.25, 0.3) is 0 Å². The van der Waals surface area contributed by atoms with Crippen LogP contribution in [0.5, 0.6) is 0 Å². The lowest BCUT2D eigenvalue weighted by atomic mass is 10.1. The molecule has 0 unspecified atom stereocenters. The molecule has 3 heteroatoms. The van der Waals surface area contributed by atoms with E-state index in [1.807, 2.05) is 37.3 Å². The number of amides is 2. The van der Waals surface area contributed by atoms with E-state index in [0.717, 1.165) is 24.9 Å². The van der Waals surface area contributed by atoms with Crippen molar-refractivity contribution in [1.82, 2.24) is 10.6 Å². The third-order valence-corrected chi connectivity index (χ3v) is 2.38. The lowest BCUT2D eigenvalue weighted by Crippen LogP contribution is -2.32. The van der Waals surface area contributed by atoms with Crippen LogP contribution in [0, 0.1) is 6.92 Å². The van der Waals surface area contributed by atoms with Crippen LogP contribution in [0.1, 0.15) is 30.9 Å². The number of carbonyl (C=O) groups is 1. The Morgan fingerprint density at radius 1 is 1.29 bits per heavy atom. The van der Waals surface area contributed by atoms with Gasteiger partial charge in [-0.15, -0.1) is 0 Å². The normalized spacial score (nSPS) is 10.5. The Morgan fingerprint density at radius 3 is 2.65 bits per heavy atom. The maximum absolute atomic E-state index is 11.3. The first-order valence-corrected chi connectivity index (χ1v) is 6.00. The number of unbranched alkanes of at least 4 members (excludes halogenated alkanes) is 1. The second kappa shape index (κ2) is 7.49. The van der Waals surface area contributed by atoms with E-state index in [9.17, 15) is 4.79 Å². The number of nitrogens with one attached hydrogen (secondary N) is 2. The molecule has 92 valence electrons. The molecule has 0 atom stereocenters. The van der Waals surface area contributed by atoms with Crippen LogP contribution < -0.4 is 10.6 Å². The van der Waals surface area contributed by atoms with Gasteiger partial charge in [0.1, 0.15) is 0 Å². The molecule has 1 aromatic rings. The molecule has 0 aromatic heterocycles. The monoisotopic (exact) mass is 232 g/mol. The van der Waals surface area contributed by atoms with Crippen LogP contribution in [0.25, 0.3) is 6.08 Å². The minimum Gasteiger partial charge on any atom is -0.338 e. The average molecular weight is 232 g/mol. The third kappa shape index (κ3) is 5.76. The number of urea groups is 1. The van der Waals surface area contributed by atoms with Gasteiger partial charge in [-0.05, 0) is 25.0 Å². The minimum absolute atomic E-state index is 0.151. The van der Waals surface area contributed by atoms with Crippen molar-refractivity contribution in [3.8, 4) is 0 Å². The summed E-state index contributed by atoms with van der Waals surface area (Å²) in [4.78, 5) is 11.3. The van der Waals surface area contributed by atoms with Crippen molar-refractivity contribution in [2.45, 2.75) is 26.7 Å². The zero-order valence-electron chi connectivity index (χ0n) is 10.5. The van der Waals surface area contributed by atoms with Gasteiger partial charge >= 0.3 is 6.03 Å². The number of carbonyl (C=O) groups excluding carboxylic acids is 1. The minimum atomic E-state index is -0.151. The summed E-state index contributed by atoms with van der Waals surface area (Å²) < 4.78 is 0. The number of benzene rings is 1. The Hall–Kier alpha value is -1.77. The summed E-state index contributed by atoms with van der Waals surface area (Å²) in [6.45, 7) is 4.87. The van der Waals surface area contributed by atoms with Crippen LogP contribution in [0.15, 0.2) is 30.5 Å². The molecular formula is C14H20N2O. The van der Waals surface area contributed by atoms with Gasteiger partial charge in [-0.2, -0.15) is 0 Å². The molecule has 0 saturated heterocycles. The van der Waals surface area contributed by atoms with E-state index in [1.54, 1.807) is 6.20 Å². The van der Waals surface area contributed by atoms with Crippen molar-refractivity contribution < 1.29 is 4.79 Å². The third-order valence-electron chi connectivity index (χ3n) is 2.38. The van der Waals surface area contributed by atoms with Gasteiger partial charge in [-0.25, -0.2) is 4.79 Å². The van der Waals surface area contributed by atoms with Gasteiger partial charge in [0.05, 0.1) is 0 Å². The molecule has 2 N–H and O–H groups in total. The molecule has 0 aliphatic carbocycles. The zero-order chi connectivity index (χ0) is 12.5. The lowest BCUT2D eigenvalue weighted by molar-refractivity contribution is 0.244. The molecule has 2 amide bonds. The highest BCUT2D eigenvalue weighted by atomic mass is 16.2. The van der Waals surface area contributed by atoms with Crippen molar-refractivity contribution in [2.75, 3.05) is 6.54 Å². The summed E-state index contributed by atoms with van der Waals surface area (Å²) in [6, 6.07) is 7.97. The predicted molar refractivity (Wildman–Crippen MR) is 71.7 cm³/mol. The molecule has 17 heavy (non-hydrogen) atoms. The Labute approximate surface area is 103 Å². The molecule has 0 aliphatic rings. The number of rotatable bonds is 5. The topological polar surface area (TPSA) is 41.1 Å². The van der Waals surface area contributed by atoms with E-state index in [4.69, 9.17) is 0 Å². The highest BCUT2D eigenvalue weighted by Gasteiger charge is 1.94. The molecular weight excluding hydrogens is 212 g/mol. The Kier molecular flexibility index (Phi) is 5.86. The van der Waals surface area contributed by atoms with Crippen LogP contribution in [0.2, 0.25) is 0 Å². The summed E-state index contributed by atoms with van der Waals surface area (Å²) in [6.07, 6.45) is 5.62. The molecule has 0 aliphatic heterocycles. The van der Waals surface area contributed by atoms with E-state index >= 15 is 0 Å². The second-order valence-electron chi connectivity index (χ2n) is 4.00. The van der Waals surface area contributed by atoms with Crippen molar-refractivity contribution >= 4 is 12.1 Å². The Balaban J connectivity index is 2.29. The van der Waals surface area contributed by atoms with Gasteiger partial charge < -0.3 is 10.6 Å². The molecule has 0 bridgehead atoms. The molecule has 0 radical (unpaired) electrons. The quantitative estimate of drug-likeness (QED) is 0.753. The molecule has 3 nitrogen and oxygen atoms in total. The SMILES string of the molecule is CCCCNC(=O)N/C=C/c1ccc(C)cc1. The lowest BCUT2D eigenvalue weighted by Gasteiger charge is -2.02. The standard InChI is InChI=1S/C14H20N2O/c1-3-4-10-15-14(17)16-11-9-13-7-5-12(2)6-8-13/h5-9,11H,3-4,10H2,1-2H3,(H2,15,16,17)/b11-9+. The van der Waals surface area contributed by atoms with E-state index in [1.165, 1.54) is 5.56 Å². The molecule has 1 rings (SSSR count). The number of hydrogen-bond donors (Lipinski definition) is 2. The highest BCUT2D eigenvalue weighted by molar-refractivity contribution is 5.75. The molecule has 0 spiro atoms. The van der Waals surface area contributed by atoms with Crippen molar-refractivity contribution in [1.29, 1.82) is 0 Å². The first-order chi connectivity index (χ1) is 8.22. The number of hydrogen-bond acceptors (Lipinski definition) is 1. The largest absolute Gasteiger partial charge is 0.338 e. The summed E-state index contributed by atoms with van der Waals surface area (Å²) in [7, 11) is 0.